The Morgan fingerprint density at radius 2 is 1.71 bits per heavy atom. The summed E-state index contributed by atoms with van der Waals surface area (Å²) in [7, 11) is 1.83. The van der Waals surface area contributed by atoms with Crippen molar-refractivity contribution in [1.29, 1.82) is 0 Å². The summed E-state index contributed by atoms with van der Waals surface area (Å²) in [6, 6.07) is 10.4. The molecule has 0 saturated carbocycles. The summed E-state index contributed by atoms with van der Waals surface area (Å²) in [4.78, 5) is 16.8. The zero-order valence-electron chi connectivity index (χ0n) is 15.0. The number of hydrogen-bond acceptors (Lipinski definition) is 3. The van der Waals surface area contributed by atoms with Crippen molar-refractivity contribution in [3.8, 4) is 0 Å². The third-order valence-electron chi connectivity index (χ3n) is 4.55. The van der Waals surface area contributed by atoms with Crippen LogP contribution in [0.5, 0.6) is 0 Å². The van der Waals surface area contributed by atoms with Crippen LogP contribution in [0.2, 0.25) is 0 Å². The molecular weight excluding hydrogens is 300 g/mol. The topological polar surface area (TPSA) is 41.4 Å². The molecule has 0 bridgehead atoms. The lowest BCUT2D eigenvalue weighted by molar-refractivity contribution is 0.0740. The molecule has 0 atom stereocenters. The molecule has 1 aromatic carbocycles. The number of carbonyl (C=O) groups is 1. The van der Waals surface area contributed by atoms with Gasteiger partial charge in [-0.25, -0.2) is 0 Å². The van der Waals surface area contributed by atoms with Crippen molar-refractivity contribution in [3.05, 3.63) is 47.8 Å². The number of piperazine rings is 1. The van der Waals surface area contributed by atoms with Gasteiger partial charge in [0.25, 0.3) is 5.91 Å². The van der Waals surface area contributed by atoms with Crippen molar-refractivity contribution in [1.82, 2.24) is 14.7 Å². The Morgan fingerprint density at radius 3 is 2.29 bits per heavy atom. The molecule has 1 saturated heterocycles. The second-order valence-corrected chi connectivity index (χ2v) is 7.42. The fourth-order valence-electron chi connectivity index (χ4n) is 3.23. The summed E-state index contributed by atoms with van der Waals surface area (Å²) in [6.45, 7) is 9.89. The van der Waals surface area contributed by atoms with Gasteiger partial charge in [-0.2, -0.15) is 5.10 Å². The summed E-state index contributed by atoms with van der Waals surface area (Å²) in [5.74, 6) is 0.0272. The molecule has 1 aliphatic rings. The highest BCUT2D eigenvalue weighted by atomic mass is 16.2. The highest BCUT2D eigenvalue weighted by molar-refractivity contribution is 5.92. The van der Waals surface area contributed by atoms with E-state index in [1.807, 2.05) is 18.1 Å². The van der Waals surface area contributed by atoms with E-state index in [-0.39, 0.29) is 11.3 Å². The van der Waals surface area contributed by atoms with E-state index in [4.69, 9.17) is 0 Å². The molecule has 2 aromatic rings. The highest BCUT2D eigenvalue weighted by Gasteiger charge is 2.26. The summed E-state index contributed by atoms with van der Waals surface area (Å²) in [5, 5.41) is 4.22. The van der Waals surface area contributed by atoms with Gasteiger partial charge in [0.2, 0.25) is 0 Å². The molecule has 1 fully saturated rings. The maximum atomic E-state index is 12.5. The Labute approximate surface area is 143 Å². The van der Waals surface area contributed by atoms with Crippen molar-refractivity contribution in [3.63, 3.8) is 0 Å². The van der Waals surface area contributed by atoms with Gasteiger partial charge >= 0.3 is 0 Å². The molecular formula is C19H26N4O. The van der Waals surface area contributed by atoms with Gasteiger partial charge in [-0.1, -0.05) is 39.0 Å². The molecule has 5 heteroatoms. The number of benzene rings is 1. The largest absolute Gasteiger partial charge is 0.368 e. The summed E-state index contributed by atoms with van der Waals surface area (Å²) in [6.07, 6.45) is 1.81. The first-order valence-corrected chi connectivity index (χ1v) is 8.49. The predicted octanol–water partition coefficient (Wildman–Crippen LogP) is 2.68. The monoisotopic (exact) mass is 326 g/mol. The number of para-hydroxylation sites is 1. The van der Waals surface area contributed by atoms with Gasteiger partial charge in [-0.05, 0) is 23.1 Å². The van der Waals surface area contributed by atoms with E-state index >= 15 is 0 Å². The minimum absolute atomic E-state index is 0.0272. The van der Waals surface area contributed by atoms with Crippen LogP contribution in [-0.4, -0.2) is 46.8 Å². The number of aryl methyl sites for hydroxylation is 1. The number of aromatic nitrogens is 2. The third-order valence-corrected chi connectivity index (χ3v) is 4.55. The Bertz CT molecular complexity index is 721. The van der Waals surface area contributed by atoms with Crippen LogP contribution in [-0.2, 0) is 12.5 Å². The van der Waals surface area contributed by atoms with Crippen molar-refractivity contribution in [2.24, 2.45) is 7.05 Å². The third kappa shape index (κ3) is 3.30. The molecule has 0 N–H and O–H groups in total. The number of amides is 1. The lowest BCUT2D eigenvalue weighted by atomic mass is 9.85. The first kappa shape index (κ1) is 16.6. The smallest absolute Gasteiger partial charge is 0.274 e. The molecule has 0 radical (unpaired) electrons. The van der Waals surface area contributed by atoms with Gasteiger partial charge in [-0.3, -0.25) is 9.48 Å². The normalized spacial score (nSPS) is 15.7. The van der Waals surface area contributed by atoms with E-state index in [2.05, 4.69) is 55.0 Å². The van der Waals surface area contributed by atoms with Crippen molar-refractivity contribution in [2.75, 3.05) is 31.1 Å². The molecule has 1 amide bonds. The Balaban J connectivity index is 1.71. The van der Waals surface area contributed by atoms with Crippen LogP contribution in [0.15, 0.2) is 36.5 Å². The summed E-state index contributed by atoms with van der Waals surface area (Å²) in [5.41, 5.74) is 3.28. The second kappa shape index (κ2) is 6.30. The standard InChI is InChI=1S/C19H26N4O/c1-19(2,3)15-7-5-6-8-17(15)22-11-13-23(14-12-22)18(24)16-9-10-21(4)20-16/h5-10H,11-14H2,1-4H3. The number of nitrogens with zero attached hydrogens (tertiary/aromatic N) is 4. The molecule has 2 heterocycles. The predicted molar refractivity (Wildman–Crippen MR) is 96.5 cm³/mol. The first-order chi connectivity index (χ1) is 11.4. The minimum atomic E-state index is 0.0272. The fraction of sp³-hybridized carbons (Fsp3) is 0.474. The average Bonchev–Trinajstić information content (AvgIpc) is 3.00. The maximum Gasteiger partial charge on any atom is 0.274 e. The molecule has 3 rings (SSSR count). The Hall–Kier alpha value is -2.30. The molecule has 128 valence electrons. The lowest BCUT2D eigenvalue weighted by Crippen LogP contribution is -2.49. The van der Waals surface area contributed by atoms with Crippen molar-refractivity contribution < 1.29 is 4.79 Å². The van der Waals surface area contributed by atoms with Gasteiger partial charge in [0.15, 0.2) is 0 Å². The van der Waals surface area contributed by atoms with Gasteiger partial charge in [0.05, 0.1) is 0 Å². The second-order valence-electron chi connectivity index (χ2n) is 7.42. The molecule has 5 nitrogen and oxygen atoms in total. The van der Waals surface area contributed by atoms with E-state index in [0.717, 1.165) is 26.2 Å². The number of rotatable bonds is 2. The van der Waals surface area contributed by atoms with E-state index in [1.165, 1.54) is 11.3 Å². The Kier molecular flexibility index (Phi) is 4.35. The summed E-state index contributed by atoms with van der Waals surface area (Å²) < 4.78 is 1.67. The highest BCUT2D eigenvalue weighted by Crippen LogP contribution is 2.32. The van der Waals surface area contributed by atoms with Gasteiger partial charge < -0.3 is 9.80 Å². The zero-order chi connectivity index (χ0) is 17.3. The fourth-order valence-corrected chi connectivity index (χ4v) is 3.23. The van der Waals surface area contributed by atoms with E-state index in [1.54, 1.807) is 10.7 Å². The van der Waals surface area contributed by atoms with E-state index in [9.17, 15) is 4.79 Å². The van der Waals surface area contributed by atoms with Crippen LogP contribution in [0, 0.1) is 0 Å². The SMILES string of the molecule is Cn1ccc(C(=O)N2CCN(c3ccccc3C(C)(C)C)CC2)n1. The lowest BCUT2D eigenvalue weighted by Gasteiger charge is -2.38. The van der Waals surface area contributed by atoms with E-state index < -0.39 is 0 Å². The number of carbonyl (C=O) groups excluding carboxylic acids is 1. The molecule has 0 unspecified atom stereocenters. The first-order valence-electron chi connectivity index (χ1n) is 8.49. The Morgan fingerprint density at radius 1 is 1.04 bits per heavy atom. The van der Waals surface area contributed by atoms with Crippen LogP contribution in [0.25, 0.3) is 0 Å². The summed E-state index contributed by atoms with van der Waals surface area (Å²) >= 11 is 0. The van der Waals surface area contributed by atoms with Crippen LogP contribution in [0.3, 0.4) is 0 Å². The average molecular weight is 326 g/mol. The maximum absolute atomic E-state index is 12.5. The minimum Gasteiger partial charge on any atom is -0.368 e. The molecule has 0 spiro atoms. The quantitative estimate of drug-likeness (QED) is 0.852. The van der Waals surface area contributed by atoms with Crippen LogP contribution in [0.4, 0.5) is 5.69 Å². The molecule has 24 heavy (non-hydrogen) atoms. The van der Waals surface area contributed by atoms with Crippen molar-refractivity contribution >= 4 is 11.6 Å². The van der Waals surface area contributed by atoms with Gasteiger partial charge in [0.1, 0.15) is 5.69 Å². The molecule has 1 aliphatic heterocycles. The zero-order valence-corrected chi connectivity index (χ0v) is 15.0. The van der Waals surface area contributed by atoms with Crippen LogP contribution >= 0.6 is 0 Å². The van der Waals surface area contributed by atoms with Crippen LogP contribution in [0.1, 0.15) is 36.8 Å². The van der Waals surface area contributed by atoms with Crippen LogP contribution < -0.4 is 4.90 Å². The molecule has 1 aromatic heterocycles. The van der Waals surface area contributed by atoms with Crippen molar-refractivity contribution in [2.45, 2.75) is 26.2 Å². The number of hydrogen-bond donors (Lipinski definition) is 0. The van der Waals surface area contributed by atoms with E-state index in [0.29, 0.717) is 5.69 Å². The van der Waals surface area contributed by atoms with Gasteiger partial charge in [0, 0.05) is 45.1 Å². The number of anilines is 1. The van der Waals surface area contributed by atoms with Gasteiger partial charge in [-0.15, -0.1) is 0 Å². The molecule has 0 aliphatic carbocycles.